The fraction of sp³-hybridized carbons (Fsp3) is 0.500. The van der Waals surface area contributed by atoms with E-state index in [1.807, 2.05) is 26.1 Å². The first-order valence-electron chi connectivity index (χ1n) is 7.13. The number of carbonyl (C=O) groups excluding carboxylic acids is 1. The monoisotopic (exact) mass is 341 g/mol. The van der Waals surface area contributed by atoms with E-state index in [9.17, 15) is 4.79 Å². The molecule has 1 aliphatic rings. The summed E-state index contributed by atoms with van der Waals surface area (Å²) in [5.74, 6) is 1.60. The highest BCUT2D eigenvalue weighted by molar-refractivity contribution is 7.14. The summed E-state index contributed by atoms with van der Waals surface area (Å²) in [6.07, 6.45) is 2.09. The van der Waals surface area contributed by atoms with Crippen LogP contribution in [0.4, 0.5) is 5.95 Å². The van der Waals surface area contributed by atoms with E-state index in [1.165, 1.54) is 11.3 Å². The van der Waals surface area contributed by atoms with Crippen LogP contribution in [0.15, 0.2) is 12.1 Å². The third-order valence-electron chi connectivity index (χ3n) is 3.67. The average molecular weight is 342 g/mol. The fourth-order valence-corrected chi connectivity index (χ4v) is 3.25. The molecule has 1 amide bonds. The predicted octanol–water partition coefficient (Wildman–Crippen LogP) is 2.33. The number of nitrogens with zero attached hydrogens (tertiary/aromatic N) is 3. The van der Waals surface area contributed by atoms with Crippen LogP contribution in [0.25, 0.3) is 0 Å². The lowest BCUT2D eigenvalue weighted by Crippen LogP contribution is -2.27. The number of nitrogens with one attached hydrogen (secondary N) is 2. The number of rotatable bonds is 3. The number of piperidine rings is 1. The number of carbonyl (C=O) groups is 1. The minimum absolute atomic E-state index is 0. The van der Waals surface area contributed by atoms with Crippen LogP contribution < -0.4 is 10.6 Å². The Hall–Kier alpha value is -1.44. The van der Waals surface area contributed by atoms with Crippen LogP contribution in [0.1, 0.15) is 39.1 Å². The molecule has 3 heterocycles. The zero-order valence-electron chi connectivity index (χ0n) is 12.6. The van der Waals surface area contributed by atoms with Crippen molar-refractivity contribution in [3.05, 3.63) is 27.7 Å². The zero-order chi connectivity index (χ0) is 14.8. The largest absolute Gasteiger partial charge is 0.317 e. The molecule has 0 radical (unpaired) electrons. The van der Waals surface area contributed by atoms with Crippen molar-refractivity contribution < 1.29 is 4.79 Å². The minimum atomic E-state index is -0.125. The number of thiophene rings is 1. The molecular formula is C14H20ClN5OS. The molecule has 2 N–H and O–H groups in total. The average Bonchev–Trinajstić information content (AvgIpc) is 3.07. The molecule has 1 saturated heterocycles. The van der Waals surface area contributed by atoms with Gasteiger partial charge in [0, 0.05) is 17.8 Å². The van der Waals surface area contributed by atoms with E-state index < -0.39 is 0 Å². The summed E-state index contributed by atoms with van der Waals surface area (Å²) in [4.78, 5) is 18.5. The van der Waals surface area contributed by atoms with Crippen molar-refractivity contribution in [3.63, 3.8) is 0 Å². The molecule has 0 spiro atoms. The highest BCUT2D eigenvalue weighted by atomic mass is 35.5. The number of halogens is 1. The molecule has 120 valence electrons. The van der Waals surface area contributed by atoms with Crippen LogP contribution in [-0.2, 0) is 7.05 Å². The summed E-state index contributed by atoms with van der Waals surface area (Å²) in [6.45, 7) is 3.98. The van der Waals surface area contributed by atoms with Gasteiger partial charge in [-0.1, -0.05) is 0 Å². The van der Waals surface area contributed by atoms with E-state index in [4.69, 9.17) is 0 Å². The molecule has 8 heteroatoms. The normalized spacial score (nSPS) is 15.4. The van der Waals surface area contributed by atoms with Crippen molar-refractivity contribution in [3.8, 4) is 0 Å². The first-order valence-corrected chi connectivity index (χ1v) is 7.94. The second kappa shape index (κ2) is 7.21. The first kappa shape index (κ1) is 16.9. The molecule has 0 unspecified atom stereocenters. The Kier molecular flexibility index (Phi) is 5.55. The Morgan fingerprint density at radius 2 is 2.14 bits per heavy atom. The highest BCUT2D eigenvalue weighted by Gasteiger charge is 2.21. The molecule has 0 aromatic carbocycles. The standard InChI is InChI=1S/C14H19N5OS.ClH/c1-9-3-4-11(21-9)13(20)17-14-16-12(18-19(14)2)10-5-7-15-8-6-10;/h3-4,10,15H,5-8H2,1-2H3,(H,16,17,18,20);1H. The molecule has 22 heavy (non-hydrogen) atoms. The molecular weight excluding hydrogens is 322 g/mol. The Bertz CT molecular complexity index is 647. The summed E-state index contributed by atoms with van der Waals surface area (Å²) < 4.78 is 1.65. The number of hydrogen-bond acceptors (Lipinski definition) is 5. The second-order valence-electron chi connectivity index (χ2n) is 5.31. The van der Waals surface area contributed by atoms with Crippen LogP contribution in [0.5, 0.6) is 0 Å². The van der Waals surface area contributed by atoms with Gasteiger partial charge in [0.1, 0.15) is 0 Å². The fourth-order valence-electron chi connectivity index (χ4n) is 2.49. The molecule has 2 aromatic heterocycles. The van der Waals surface area contributed by atoms with Crippen molar-refractivity contribution in [2.24, 2.45) is 7.05 Å². The van der Waals surface area contributed by atoms with Crippen molar-refractivity contribution in [1.29, 1.82) is 0 Å². The van der Waals surface area contributed by atoms with E-state index in [-0.39, 0.29) is 18.3 Å². The van der Waals surface area contributed by atoms with Gasteiger partial charge in [-0.3, -0.25) is 10.1 Å². The third kappa shape index (κ3) is 3.66. The van der Waals surface area contributed by atoms with Crippen molar-refractivity contribution in [2.75, 3.05) is 18.4 Å². The van der Waals surface area contributed by atoms with E-state index >= 15 is 0 Å². The lowest BCUT2D eigenvalue weighted by Gasteiger charge is -2.19. The maximum atomic E-state index is 12.2. The van der Waals surface area contributed by atoms with E-state index in [0.717, 1.165) is 36.6 Å². The van der Waals surface area contributed by atoms with Crippen LogP contribution in [0.2, 0.25) is 0 Å². The second-order valence-corrected chi connectivity index (χ2v) is 6.59. The Morgan fingerprint density at radius 3 is 2.77 bits per heavy atom. The first-order chi connectivity index (χ1) is 10.1. The summed E-state index contributed by atoms with van der Waals surface area (Å²) in [5.41, 5.74) is 0. The molecule has 2 aromatic rings. The van der Waals surface area contributed by atoms with Gasteiger partial charge in [-0.05, 0) is 45.0 Å². The van der Waals surface area contributed by atoms with E-state index in [1.54, 1.807) is 4.68 Å². The SMILES string of the molecule is Cc1ccc(C(=O)Nc2nc(C3CCNCC3)nn2C)s1.Cl. The zero-order valence-corrected chi connectivity index (χ0v) is 14.3. The number of anilines is 1. The van der Waals surface area contributed by atoms with Gasteiger partial charge in [-0.25, -0.2) is 4.68 Å². The van der Waals surface area contributed by atoms with Crippen molar-refractivity contribution >= 4 is 35.6 Å². The lowest BCUT2D eigenvalue weighted by atomic mass is 9.98. The van der Waals surface area contributed by atoms with Gasteiger partial charge in [0.15, 0.2) is 5.82 Å². The summed E-state index contributed by atoms with van der Waals surface area (Å²) in [7, 11) is 1.81. The van der Waals surface area contributed by atoms with Gasteiger partial charge >= 0.3 is 0 Å². The third-order valence-corrected chi connectivity index (χ3v) is 4.67. The van der Waals surface area contributed by atoms with Gasteiger partial charge < -0.3 is 5.32 Å². The number of hydrogen-bond donors (Lipinski definition) is 2. The molecule has 0 saturated carbocycles. The van der Waals surface area contributed by atoms with Crippen molar-refractivity contribution in [2.45, 2.75) is 25.7 Å². The van der Waals surface area contributed by atoms with Gasteiger partial charge in [0.05, 0.1) is 4.88 Å². The molecule has 0 atom stereocenters. The molecule has 3 rings (SSSR count). The molecule has 1 fully saturated rings. The minimum Gasteiger partial charge on any atom is -0.317 e. The van der Waals surface area contributed by atoms with Gasteiger partial charge in [-0.15, -0.1) is 23.7 Å². The quantitative estimate of drug-likeness (QED) is 0.898. The summed E-state index contributed by atoms with van der Waals surface area (Å²) in [6, 6.07) is 3.77. The van der Waals surface area contributed by atoms with Gasteiger partial charge in [0.2, 0.25) is 5.95 Å². The van der Waals surface area contributed by atoms with Gasteiger partial charge in [0.25, 0.3) is 5.91 Å². The Balaban J connectivity index is 0.00000176. The lowest BCUT2D eigenvalue weighted by molar-refractivity contribution is 0.102. The number of amides is 1. The predicted molar refractivity (Wildman–Crippen MR) is 90.1 cm³/mol. The highest BCUT2D eigenvalue weighted by Crippen LogP contribution is 2.23. The molecule has 6 nitrogen and oxygen atoms in total. The van der Waals surface area contributed by atoms with Crippen molar-refractivity contribution in [1.82, 2.24) is 20.1 Å². The smallest absolute Gasteiger partial charge is 0.268 e. The topological polar surface area (TPSA) is 71.8 Å². The number of aryl methyl sites for hydroxylation is 2. The maximum absolute atomic E-state index is 12.2. The van der Waals surface area contributed by atoms with E-state index in [2.05, 4.69) is 20.7 Å². The Morgan fingerprint density at radius 1 is 1.41 bits per heavy atom. The Labute approximate surface area is 139 Å². The van der Waals surface area contributed by atoms with E-state index in [0.29, 0.717) is 16.7 Å². The van der Waals surface area contributed by atoms with Crippen LogP contribution in [0, 0.1) is 6.92 Å². The molecule has 1 aliphatic heterocycles. The maximum Gasteiger partial charge on any atom is 0.268 e. The summed E-state index contributed by atoms with van der Waals surface area (Å²) in [5, 5.41) is 10.6. The van der Waals surface area contributed by atoms with Crippen LogP contribution in [0.3, 0.4) is 0 Å². The molecule has 0 aliphatic carbocycles. The van der Waals surface area contributed by atoms with Crippen LogP contribution in [-0.4, -0.2) is 33.8 Å². The summed E-state index contributed by atoms with van der Waals surface area (Å²) >= 11 is 1.48. The van der Waals surface area contributed by atoms with Gasteiger partial charge in [-0.2, -0.15) is 10.1 Å². The molecule has 0 bridgehead atoms. The van der Waals surface area contributed by atoms with Crippen LogP contribution >= 0.6 is 23.7 Å². The number of aromatic nitrogens is 3.